The van der Waals surface area contributed by atoms with Crippen LogP contribution in [0, 0.1) is 16.7 Å². The largest absolute Gasteiger partial charge is 0.346 e. The molecule has 4 heteroatoms. The molecule has 7 aromatic rings. The number of fused-ring (bicyclic) bond motifs is 4. The smallest absolute Gasteiger partial charge is 0.154 e. The number of nitrogens with zero attached hydrogens (tertiary/aromatic N) is 2. The number of hydrogen-bond acceptors (Lipinski definition) is 2. The molecule has 1 aliphatic rings. The topological polar surface area (TPSA) is 75.8 Å². The Kier molecular flexibility index (Phi) is 6.97. The van der Waals surface area contributed by atoms with E-state index in [1.807, 2.05) is 72.9 Å². The maximum Gasteiger partial charge on any atom is 0.154 e. The first-order valence-corrected chi connectivity index (χ1v) is 16.1. The number of nitrogens with one attached hydrogen (secondary N) is 2. The van der Waals surface area contributed by atoms with Crippen LogP contribution < -0.4 is 5.49 Å². The van der Waals surface area contributed by atoms with Gasteiger partial charge in [0.1, 0.15) is 5.49 Å². The van der Waals surface area contributed by atoms with Crippen LogP contribution >= 0.6 is 0 Å². The van der Waals surface area contributed by atoms with Crippen molar-refractivity contribution in [2.75, 3.05) is 0 Å². The van der Waals surface area contributed by atoms with Crippen LogP contribution in [0.1, 0.15) is 36.1 Å². The van der Waals surface area contributed by atoms with Gasteiger partial charge in [-0.2, -0.15) is 5.26 Å². The molecule has 0 aliphatic heterocycles. The van der Waals surface area contributed by atoms with Gasteiger partial charge in [-0.3, -0.25) is 5.41 Å². The van der Waals surface area contributed by atoms with Crippen molar-refractivity contribution in [2.45, 2.75) is 19.3 Å². The van der Waals surface area contributed by atoms with E-state index < -0.39 is 0 Å². The third kappa shape index (κ3) is 5.03. The Morgan fingerprint density at radius 2 is 1.21 bits per heavy atom. The summed E-state index contributed by atoms with van der Waals surface area (Å²) in [6, 6.07) is 50.5. The maximum atomic E-state index is 9.47. The molecule has 1 aliphatic carbocycles. The third-order valence-electron chi connectivity index (χ3n) is 9.61. The lowest BCUT2D eigenvalue weighted by molar-refractivity contribution is 0.660. The Labute approximate surface area is 279 Å². The Morgan fingerprint density at radius 1 is 0.604 bits per heavy atom. The van der Waals surface area contributed by atoms with E-state index in [4.69, 9.17) is 5.41 Å². The summed E-state index contributed by atoms with van der Waals surface area (Å²) >= 11 is 0. The second-order valence-electron chi connectivity index (χ2n) is 12.9. The minimum Gasteiger partial charge on any atom is -0.346 e. The van der Waals surface area contributed by atoms with Crippen molar-refractivity contribution < 1.29 is 0 Å². The Balaban J connectivity index is 1.05. The van der Waals surface area contributed by atoms with Crippen molar-refractivity contribution in [3.8, 4) is 50.6 Å². The van der Waals surface area contributed by atoms with Gasteiger partial charge in [-0.15, -0.1) is 0 Å². The fraction of sp³-hybridized carbons (Fsp3) is 0.0682. The lowest BCUT2D eigenvalue weighted by atomic mass is 9.81. The van der Waals surface area contributed by atoms with Gasteiger partial charge in [-0.1, -0.05) is 111 Å². The van der Waals surface area contributed by atoms with Gasteiger partial charge in [0, 0.05) is 22.7 Å². The zero-order valence-electron chi connectivity index (χ0n) is 26.8. The normalized spacial score (nSPS) is 13.1. The monoisotopic (exact) mass is 616 g/mol. The van der Waals surface area contributed by atoms with E-state index in [0.29, 0.717) is 11.1 Å². The molecule has 4 nitrogen and oxygen atoms in total. The zero-order chi connectivity index (χ0) is 32.8. The average Bonchev–Trinajstić information content (AvgIpc) is 3.36. The zero-order valence-corrected chi connectivity index (χ0v) is 26.8. The first-order valence-electron chi connectivity index (χ1n) is 16.1. The first kappa shape index (κ1) is 29.1. The van der Waals surface area contributed by atoms with Gasteiger partial charge < -0.3 is 4.98 Å². The molecular formula is C44H32N4. The van der Waals surface area contributed by atoms with E-state index in [0.717, 1.165) is 27.8 Å². The molecule has 0 atom stereocenters. The summed E-state index contributed by atoms with van der Waals surface area (Å²) in [4.78, 5) is 7.85. The Bertz CT molecular complexity index is 2490. The molecular weight excluding hydrogens is 585 g/mol. The number of pyridine rings is 1. The number of benzene rings is 6. The molecule has 0 spiro atoms. The fourth-order valence-electron chi connectivity index (χ4n) is 6.96. The highest BCUT2D eigenvalue weighted by atomic mass is 14.9. The van der Waals surface area contributed by atoms with Gasteiger partial charge >= 0.3 is 0 Å². The van der Waals surface area contributed by atoms with Gasteiger partial charge in [0.2, 0.25) is 0 Å². The number of rotatable bonds is 4. The van der Waals surface area contributed by atoms with Crippen LogP contribution in [0.5, 0.6) is 0 Å². The molecule has 1 aromatic heterocycles. The van der Waals surface area contributed by atoms with Crippen molar-refractivity contribution in [3.63, 3.8) is 0 Å². The van der Waals surface area contributed by atoms with Crippen LogP contribution in [0.3, 0.4) is 0 Å². The van der Waals surface area contributed by atoms with Crippen LogP contribution in [0.4, 0.5) is 0 Å². The van der Waals surface area contributed by atoms with E-state index in [-0.39, 0.29) is 11.3 Å². The first-order chi connectivity index (χ1) is 23.4. The Morgan fingerprint density at radius 3 is 1.92 bits per heavy atom. The molecule has 48 heavy (non-hydrogen) atoms. The molecule has 0 saturated carbocycles. The number of hydrogen-bond donors (Lipinski definition) is 2. The second-order valence-corrected chi connectivity index (χ2v) is 12.9. The van der Waals surface area contributed by atoms with Crippen molar-refractivity contribution >= 4 is 16.6 Å². The van der Waals surface area contributed by atoms with Crippen LogP contribution in [-0.4, -0.2) is 10.8 Å². The standard InChI is InChI=1S/C44H32N4/c1-44(2)40-23-28(27-45)10-20-38(40)39-21-19-36(26-41(39)44)35-18-17-33-24-32(15-16-34(33)25-35)29-11-13-31(14-12-29)42(46)48-43-37(9-6-22-47-43)30-7-4-3-5-8-30/h3-26H,1-2H3,(H2,46,47,48). The molecule has 1 heterocycles. The highest BCUT2D eigenvalue weighted by Gasteiger charge is 2.35. The quantitative estimate of drug-likeness (QED) is 0.150. The lowest BCUT2D eigenvalue weighted by Gasteiger charge is -2.22. The molecule has 0 radical (unpaired) electrons. The molecule has 228 valence electrons. The number of nitriles is 1. The number of amidine groups is 1. The van der Waals surface area contributed by atoms with Crippen molar-refractivity contribution in [2.24, 2.45) is 4.99 Å². The average molecular weight is 617 g/mol. The van der Waals surface area contributed by atoms with E-state index in [2.05, 4.69) is 103 Å². The van der Waals surface area contributed by atoms with Crippen molar-refractivity contribution in [1.82, 2.24) is 4.98 Å². The third-order valence-corrected chi connectivity index (χ3v) is 9.61. The summed E-state index contributed by atoms with van der Waals surface area (Å²) in [5, 5.41) is 20.5. The summed E-state index contributed by atoms with van der Waals surface area (Å²) in [5.41, 5.74) is 13.5. The molecule has 2 N–H and O–H groups in total. The van der Waals surface area contributed by atoms with Gasteiger partial charge in [0.25, 0.3) is 0 Å². The summed E-state index contributed by atoms with van der Waals surface area (Å²) < 4.78 is 0. The molecule has 6 aromatic carbocycles. The maximum absolute atomic E-state index is 9.47. The number of aromatic amines is 1. The van der Waals surface area contributed by atoms with Crippen LogP contribution in [-0.2, 0) is 5.41 Å². The predicted octanol–water partition coefficient (Wildman–Crippen LogP) is 10.3. The van der Waals surface area contributed by atoms with Gasteiger partial charge in [-0.05, 0) is 103 Å². The molecule has 0 unspecified atom stereocenters. The van der Waals surface area contributed by atoms with Crippen molar-refractivity contribution in [3.05, 3.63) is 173 Å². The minimum absolute atomic E-state index is 0.174. The summed E-state index contributed by atoms with van der Waals surface area (Å²) in [7, 11) is 0. The lowest BCUT2D eigenvalue weighted by Crippen LogP contribution is -2.15. The van der Waals surface area contributed by atoms with Crippen LogP contribution in [0.2, 0.25) is 0 Å². The van der Waals surface area contributed by atoms with Gasteiger partial charge in [0.05, 0.1) is 11.6 Å². The molecule has 0 amide bonds. The van der Waals surface area contributed by atoms with Crippen LogP contribution in [0.25, 0.3) is 55.3 Å². The van der Waals surface area contributed by atoms with Gasteiger partial charge in [0.15, 0.2) is 5.84 Å². The Hall–Kier alpha value is -6.31. The molecule has 8 rings (SSSR count). The van der Waals surface area contributed by atoms with Crippen molar-refractivity contribution in [1.29, 1.82) is 10.7 Å². The van der Waals surface area contributed by atoms with E-state index in [1.165, 1.54) is 44.2 Å². The van der Waals surface area contributed by atoms with E-state index in [1.54, 1.807) is 0 Å². The number of H-pyrrole nitrogens is 1. The molecule has 0 bridgehead atoms. The summed E-state index contributed by atoms with van der Waals surface area (Å²) in [5.74, 6) is 0.206. The SMILES string of the molecule is CC1(C)c2cc(C#N)ccc2-c2ccc(-c3ccc4cc(-c5ccc(C(=N)N=c6[nH]cccc6-c6ccccc6)cc5)ccc4c3)cc21. The highest BCUT2D eigenvalue weighted by Crippen LogP contribution is 2.50. The predicted molar refractivity (Wildman–Crippen MR) is 196 cm³/mol. The van der Waals surface area contributed by atoms with Gasteiger partial charge in [-0.25, -0.2) is 4.99 Å². The van der Waals surface area contributed by atoms with E-state index in [9.17, 15) is 5.26 Å². The summed E-state index contributed by atoms with van der Waals surface area (Å²) in [6.45, 7) is 4.50. The molecule has 0 saturated heterocycles. The summed E-state index contributed by atoms with van der Waals surface area (Å²) in [6.07, 6.45) is 1.84. The molecule has 0 fully saturated rings. The van der Waals surface area contributed by atoms with E-state index >= 15 is 0 Å². The fourth-order valence-corrected chi connectivity index (χ4v) is 6.96. The number of aromatic nitrogens is 1. The van der Waals surface area contributed by atoms with Crippen LogP contribution in [0.15, 0.2) is 151 Å². The second kappa shape index (κ2) is 11.5. The highest BCUT2D eigenvalue weighted by molar-refractivity contribution is 5.98. The minimum atomic E-state index is -0.174.